The highest BCUT2D eigenvalue weighted by molar-refractivity contribution is 5.32. The minimum atomic E-state index is -0.695. The van der Waals surface area contributed by atoms with Crippen molar-refractivity contribution < 1.29 is 17.9 Å². The number of halogens is 3. The fraction of sp³-hybridized carbons (Fsp3) is 0.250. The summed E-state index contributed by atoms with van der Waals surface area (Å²) in [7, 11) is 1.38. The SMILES string of the molecule is COc1ccc(CC(N)c2cc(C)c(F)cc2F)cc1F. The van der Waals surface area contributed by atoms with E-state index in [1.165, 1.54) is 32.2 Å². The van der Waals surface area contributed by atoms with Crippen LogP contribution in [0.25, 0.3) is 0 Å². The Morgan fingerprint density at radius 3 is 2.38 bits per heavy atom. The summed E-state index contributed by atoms with van der Waals surface area (Å²) >= 11 is 0. The fourth-order valence-corrected chi connectivity index (χ4v) is 2.16. The van der Waals surface area contributed by atoms with Crippen molar-refractivity contribution in [3.8, 4) is 5.75 Å². The summed E-state index contributed by atoms with van der Waals surface area (Å²) in [5, 5.41) is 0. The summed E-state index contributed by atoms with van der Waals surface area (Å²) in [5.74, 6) is -1.67. The van der Waals surface area contributed by atoms with Crippen LogP contribution in [0.15, 0.2) is 30.3 Å². The highest BCUT2D eigenvalue weighted by Crippen LogP contribution is 2.24. The molecule has 21 heavy (non-hydrogen) atoms. The molecule has 2 aromatic carbocycles. The Kier molecular flexibility index (Phi) is 4.53. The van der Waals surface area contributed by atoms with Crippen molar-refractivity contribution in [1.29, 1.82) is 0 Å². The van der Waals surface area contributed by atoms with Gasteiger partial charge in [0.15, 0.2) is 11.6 Å². The van der Waals surface area contributed by atoms with Gasteiger partial charge in [0.1, 0.15) is 11.6 Å². The molecule has 0 bridgehead atoms. The van der Waals surface area contributed by atoms with Crippen LogP contribution in [-0.4, -0.2) is 7.11 Å². The van der Waals surface area contributed by atoms with Crippen LogP contribution in [0, 0.1) is 24.4 Å². The molecule has 0 spiro atoms. The molecule has 0 aromatic heterocycles. The van der Waals surface area contributed by atoms with E-state index in [0.717, 1.165) is 6.07 Å². The molecule has 0 aliphatic heterocycles. The fourth-order valence-electron chi connectivity index (χ4n) is 2.16. The number of nitrogens with two attached hydrogens (primary N) is 1. The normalized spacial score (nSPS) is 12.3. The molecule has 1 unspecified atom stereocenters. The molecule has 0 aliphatic rings. The summed E-state index contributed by atoms with van der Waals surface area (Å²) in [6, 6.07) is 5.97. The zero-order valence-corrected chi connectivity index (χ0v) is 11.8. The van der Waals surface area contributed by atoms with Crippen LogP contribution in [0.4, 0.5) is 13.2 Å². The van der Waals surface area contributed by atoms with Crippen LogP contribution in [0.3, 0.4) is 0 Å². The number of methoxy groups -OCH3 is 1. The molecule has 2 nitrogen and oxygen atoms in total. The van der Waals surface area contributed by atoms with Crippen LogP contribution in [0.2, 0.25) is 0 Å². The zero-order valence-electron chi connectivity index (χ0n) is 11.8. The van der Waals surface area contributed by atoms with Gasteiger partial charge in [-0.05, 0) is 42.7 Å². The average molecular weight is 295 g/mol. The van der Waals surface area contributed by atoms with Crippen molar-refractivity contribution in [3.05, 3.63) is 64.5 Å². The quantitative estimate of drug-likeness (QED) is 0.934. The van der Waals surface area contributed by atoms with Crippen LogP contribution < -0.4 is 10.5 Å². The van der Waals surface area contributed by atoms with Crippen LogP contribution in [0.1, 0.15) is 22.7 Å². The molecular weight excluding hydrogens is 279 g/mol. The summed E-state index contributed by atoms with van der Waals surface area (Å²) in [6.07, 6.45) is 0.239. The molecule has 0 heterocycles. The minimum Gasteiger partial charge on any atom is -0.494 e. The maximum atomic E-state index is 13.8. The van der Waals surface area contributed by atoms with Crippen molar-refractivity contribution in [2.75, 3.05) is 7.11 Å². The maximum Gasteiger partial charge on any atom is 0.165 e. The van der Waals surface area contributed by atoms with Gasteiger partial charge in [-0.25, -0.2) is 13.2 Å². The highest BCUT2D eigenvalue weighted by atomic mass is 19.1. The monoisotopic (exact) mass is 295 g/mol. The smallest absolute Gasteiger partial charge is 0.165 e. The van der Waals surface area contributed by atoms with E-state index >= 15 is 0 Å². The van der Waals surface area contributed by atoms with E-state index in [1.54, 1.807) is 6.07 Å². The first-order chi connectivity index (χ1) is 9.92. The second-order valence-electron chi connectivity index (χ2n) is 4.90. The van der Waals surface area contributed by atoms with E-state index in [1.807, 2.05) is 0 Å². The minimum absolute atomic E-state index is 0.135. The van der Waals surface area contributed by atoms with Crippen LogP contribution in [-0.2, 0) is 6.42 Å². The van der Waals surface area contributed by atoms with E-state index < -0.39 is 23.5 Å². The van der Waals surface area contributed by atoms with Gasteiger partial charge >= 0.3 is 0 Å². The molecule has 5 heteroatoms. The Balaban J connectivity index is 2.23. The number of ether oxygens (including phenoxy) is 1. The van der Waals surface area contributed by atoms with Gasteiger partial charge in [0, 0.05) is 17.7 Å². The van der Waals surface area contributed by atoms with Gasteiger partial charge in [0.05, 0.1) is 7.11 Å². The Morgan fingerprint density at radius 1 is 1.05 bits per heavy atom. The maximum absolute atomic E-state index is 13.8. The molecule has 1 atom stereocenters. The first-order valence-corrected chi connectivity index (χ1v) is 6.46. The molecule has 0 amide bonds. The standard InChI is InChI=1S/C16H16F3NO/c1-9-5-11(13(18)8-12(9)17)15(20)7-10-3-4-16(21-2)14(19)6-10/h3-6,8,15H,7,20H2,1-2H3. The second-order valence-corrected chi connectivity index (χ2v) is 4.90. The number of rotatable bonds is 4. The number of benzene rings is 2. The Labute approximate surface area is 121 Å². The third kappa shape index (κ3) is 3.36. The zero-order chi connectivity index (χ0) is 15.6. The molecule has 0 saturated carbocycles. The molecule has 0 radical (unpaired) electrons. The predicted octanol–water partition coefficient (Wildman–Crippen LogP) is 3.66. The van der Waals surface area contributed by atoms with Crippen molar-refractivity contribution in [3.63, 3.8) is 0 Å². The van der Waals surface area contributed by atoms with E-state index in [9.17, 15) is 13.2 Å². The number of hydrogen-bond acceptors (Lipinski definition) is 2. The van der Waals surface area contributed by atoms with Gasteiger partial charge in [0.2, 0.25) is 0 Å². The Bertz CT molecular complexity index is 658. The van der Waals surface area contributed by atoms with Crippen molar-refractivity contribution in [2.24, 2.45) is 5.73 Å². The summed E-state index contributed by atoms with van der Waals surface area (Å²) in [4.78, 5) is 0. The van der Waals surface area contributed by atoms with Gasteiger partial charge in [-0.2, -0.15) is 0 Å². The van der Waals surface area contributed by atoms with Crippen molar-refractivity contribution in [2.45, 2.75) is 19.4 Å². The van der Waals surface area contributed by atoms with Gasteiger partial charge in [-0.3, -0.25) is 0 Å². The molecule has 2 N–H and O–H groups in total. The molecule has 0 aliphatic carbocycles. The lowest BCUT2D eigenvalue weighted by molar-refractivity contribution is 0.386. The molecule has 0 saturated heterocycles. The van der Waals surface area contributed by atoms with Gasteiger partial charge in [0.25, 0.3) is 0 Å². The first kappa shape index (κ1) is 15.4. The Morgan fingerprint density at radius 2 is 1.76 bits per heavy atom. The number of hydrogen-bond donors (Lipinski definition) is 1. The van der Waals surface area contributed by atoms with Gasteiger partial charge in [-0.1, -0.05) is 6.07 Å². The van der Waals surface area contributed by atoms with E-state index in [-0.39, 0.29) is 17.7 Å². The molecular formula is C16H16F3NO. The molecule has 0 fully saturated rings. The molecule has 112 valence electrons. The lowest BCUT2D eigenvalue weighted by atomic mass is 9.97. The van der Waals surface area contributed by atoms with Crippen LogP contribution >= 0.6 is 0 Å². The number of aryl methyl sites for hydroxylation is 1. The lowest BCUT2D eigenvalue weighted by Gasteiger charge is -2.15. The Hall–Kier alpha value is -2.01. The highest BCUT2D eigenvalue weighted by Gasteiger charge is 2.15. The largest absolute Gasteiger partial charge is 0.494 e. The summed E-state index contributed by atoms with van der Waals surface area (Å²) < 4.78 is 45.4. The average Bonchev–Trinajstić information content (AvgIpc) is 2.43. The lowest BCUT2D eigenvalue weighted by Crippen LogP contribution is -2.16. The third-order valence-electron chi connectivity index (χ3n) is 3.35. The van der Waals surface area contributed by atoms with Crippen molar-refractivity contribution in [1.82, 2.24) is 0 Å². The van der Waals surface area contributed by atoms with Gasteiger partial charge < -0.3 is 10.5 Å². The topological polar surface area (TPSA) is 35.2 Å². The van der Waals surface area contributed by atoms with Gasteiger partial charge in [-0.15, -0.1) is 0 Å². The van der Waals surface area contributed by atoms with Crippen molar-refractivity contribution >= 4 is 0 Å². The second kappa shape index (κ2) is 6.18. The summed E-state index contributed by atoms with van der Waals surface area (Å²) in [6.45, 7) is 1.54. The predicted molar refractivity (Wildman–Crippen MR) is 74.7 cm³/mol. The van der Waals surface area contributed by atoms with E-state index in [2.05, 4.69) is 0 Å². The third-order valence-corrected chi connectivity index (χ3v) is 3.35. The molecule has 2 aromatic rings. The van der Waals surface area contributed by atoms with E-state index in [4.69, 9.17) is 10.5 Å². The molecule has 2 rings (SSSR count). The summed E-state index contributed by atoms with van der Waals surface area (Å²) in [5.41, 5.74) is 7.10. The van der Waals surface area contributed by atoms with E-state index in [0.29, 0.717) is 11.1 Å². The first-order valence-electron chi connectivity index (χ1n) is 6.46. The van der Waals surface area contributed by atoms with Crippen LogP contribution in [0.5, 0.6) is 5.75 Å².